The standard InChI is InChI=1S/C13H24N2O2S2/c1-6-7-8-18-10-19-9-11(13(2,3)4)15-17-12(16)14-5/h6H,1,7-10H2,2-5H3,(H,14,16). The van der Waals surface area contributed by atoms with E-state index in [1.807, 2.05) is 17.8 Å². The number of thioether (sulfide) groups is 2. The van der Waals surface area contributed by atoms with E-state index in [4.69, 9.17) is 4.84 Å². The van der Waals surface area contributed by atoms with Gasteiger partial charge in [0.2, 0.25) is 0 Å². The molecule has 0 spiro atoms. The van der Waals surface area contributed by atoms with Gasteiger partial charge in [0.1, 0.15) is 0 Å². The Morgan fingerprint density at radius 3 is 2.63 bits per heavy atom. The largest absolute Gasteiger partial charge is 0.433 e. The molecule has 0 aliphatic carbocycles. The van der Waals surface area contributed by atoms with Crippen molar-refractivity contribution < 1.29 is 9.63 Å². The second-order valence-corrected chi connectivity index (χ2v) is 7.32. The quantitative estimate of drug-likeness (QED) is 0.185. The van der Waals surface area contributed by atoms with Gasteiger partial charge in [0.15, 0.2) is 0 Å². The van der Waals surface area contributed by atoms with Crippen LogP contribution in [-0.4, -0.2) is 35.4 Å². The maximum atomic E-state index is 11.0. The molecule has 6 heteroatoms. The maximum absolute atomic E-state index is 11.0. The Morgan fingerprint density at radius 2 is 2.11 bits per heavy atom. The molecule has 0 aliphatic heterocycles. The first-order valence-electron chi connectivity index (χ1n) is 6.14. The van der Waals surface area contributed by atoms with Gasteiger partial charge in [-0.3, -0.25) is 4.84 Å². The number of nitrogens with one attached hydrogen (secondary N) is 1. The number of oxime groups is 1. The number of amides is 1. The number of allylic oxidation sites excluding steroid dienone is 1. The minimum absolute atomic E-state index is 0.104. The second-order valence-electron chi connectivity index (χ2n) is 4.87. The van der Waals surface area contributed by atoms with Crippen LogP contribution in [0.25, 0.3) is 0 Å². The molecule has 0 bridgehead atoms. The van der Waals surface area contributed by atoms with Gasteiger partial charge in [-0.2, -0.15) is 11.8 Å². The van der Waals surface area contributed by atoms with E-state index in [0.717, 1.165) is 28.7 Å². The summed E-state index contributed by atoms with van der Waals surface area (Å²) in [5.74, 6) is 1.86. The Morgan fingerprint density at radius 1 is 1.42 bits per heavy atom. The molecule has 1 amide bonds. The number of hydrogen-bond donors (Lipinski definition) is 1. The molecule has 0 aromatic heterocycles. The summed E-state index contributed by atoms with van der Waals surface area (Å²) < 4.78 is 0. The van der Waals surface area contributed by atoms with E-state index in [-0.39, 0.29) is 5.41 Å². The smallest absolute Gasteiger partial charge is 0.323 e. The molecular formula is C13H24N2O2S2. The summed E-state index contributed by atoms with van der Waals surface area (Å²) in [6.45, 7) is 9.87. The van der Waals surface area contributed by atoms with Gasteiger partial charge in [-0.1, -0.05) is 32.0 Å². The topological polar surface area (TPSA) is 50.7 Å². The number of carbonyl (C=O) groups is 1. The molecule has 0 aromatic rings. The Labute approximate surface area is 124 Å². The van der Waals surface area contributed by atoms with Gasteiger partial charge < -0.3 is 5.32 Å². The van der Waals surface area contributed by atoms with E-state index in [1.165, 1.54) is 7.05 Å². The molecule has 0 aromatic carbocycles. The van der Waals surface area contributed by atoms with Crippen molar-refractivity contribution in [3.8, 4) is 0 Å². The molecule has 19 heavy (non-hydrogen) atoms. The van der Waals surface area contributed by atoms with Crippen molar-refractivity contribution in [2.24, 2.45) is 10.6 Å². The number of nitrogens with zero attached hydrogens (tertiary/aromatic N) is 1. The van der Waals surface area contributed by atoms with Gasteiger partial charge >= 0.3 is 6.09 Å². The van der Waals surface area contributed by atoms with Gasteiger partial charge in [-0.25, -0.2) is 4.79 Å². The van der Waals surface area contributed by atoms with Crippen LogP contribution in [0.15, 0.2) is 17.8 Å². The fourth-order valence-corrected chi connectivity index (χ4v) is 3.23. The Bertz CT molecular complexity index is 312. The molecule has 0 saturated carbocycles. The van der Waals surface area contributed by atoms with Crippen LogP contribution in [0.2, 0.25) is 0 Å². The van der Waals surface area contributed by atoms with Gasteiger partial charge in [-0.05, 0) is 12.2 Å². The van der Waals surface area contributed by atoms with E-state index in [0.29, 0.717) is 0 Å². The first kappa shape index (κ1) is 18.4. The monoisotopic (exact) mass is 304 g/mol. The van der Waals surface area contributed by atoms with Crippen molar-refractivity contribution in [3.05, 3.63) is 12.7 Å². The third-order valence-corrected chi connectivity index (χ3v) is 4.52. The van der Waals surface area contributed by atoms with Crippen LogP contribution in [0, 0.1) is 5.41 Å². The molecule has 0 saturated heterocycles. The number of hydrogen-bond acceptors (Lipinski definition) is 5. The summed E-state index contributed by atoms with van der Waals surface area (Å²) in [5, 5.41) is 7.33. The van der Waals surface area contributed by atoms with Crippen molar-refractivity contribution in [3.63, 3.8) is 0 Å². The van der Waals surface area contributed by atoms with Crippen molar-refractivity contribution >= 4 is 35.3 Å². The van der Waals surface area contributed by atoms with Crippen molar-refractivity contribution in [1.29, 1.82) is 0 Å². The lowest BCUT2D eigenvalue weighted by Crippen LogP contribution is -2.25. The fourth-order valence-electron chi connectivity index (χ4n) is 0.945. The predicted molar refractivity (Wildman–Crippen MR) is 87.0 cm³/mol. The van der Waals surface area contributed by atoms with Crippen LogP contribution in [-0.2, 0) is 4.84 Å². The predicted octanol–water partition coefficient (Wildman–Crippen LogP) is 3.74. The van der Waals surface area contributed by atoms with Crippen LogP contribution < -0.4 is 5.32 Å². The summed E-state index contributed by atoms with van der Waals surface area (Å²) >= 11 is 3.66. The van der Waals surface area contributed by atoms with Crippen molar-refractivity contribution in [2.75, 3.05) is 23.6 Å². The third-order valence-electron chi connectivity index (χ3n) is 2.18. The van der Waals surface area contributed by atoms with Crippen LogP contribution in [0.4, 0.5) is 4.79 Å². The average molecular weight is 304 g/mol. The Hall–Kier alpha value is -0.620. The molecule has 110 valence electrons. The highest BCUT2D eigenvalue weighted by Gasteiger charge is 2.20. The molecule has 0 rings (SSSR count). The summed E-state index contributed by atoms with van der Waals surface area (Å²) in [5.41, 5.74) is 0.776. The van der Waals surface area contributed by atoms with Crippen LogP contribution >= 0.6 is 23.5 Å². The Balaban J connectivity index is 4.15. The fraction of sp³-hybridized carbons (Fsp3) is 0.692. The second kappa shape index (κ2) is 10.2. The van der Waals surface area contributed by atoms with E-state index >= 15 is 0 Å². The summed E-state index contributed by atoms with van der Waals surface area (Å²) in [6, 6.07) is 0. The third kappa shape index (κ3) is 9.90. The van der Waals surface area contributed by atoms with Gasteiger partial charge in [0, 0.05) is 23.3 Å². The lowest BCUT2D eigenvalue weighted by Gasteiger charge is -2.20. The molecule has 0 heterocycles. The maximum Gasteiger partial charge on any atom is 0.433 e. The number of carbonyl (C=O) groups excluding carboxylic acids is 1. The highest BCUT2D eigenvalue weighted by atomic mass is 32.2. The Kier molecular flexibility index (Phi) is 9.87. The van der Waals surface area contributed by atoms with Gasteiger partial charge in [0.05, 0.1) is 5.71 Å². The lowest BCUT2D eigenvalue weighted by atomic mass is 9.91. The lowest BCUT2D eigenvalue weighted by molar-refractivity contribution is 0.152. The van der Waals surface area contributed by atoms with Crippen LogP contribution in [0.5, 0.6) is 0 Å². The molecule has 4 nitrogen and oxygen atoms in total. The van der Waals surface area contributed by atoms with E-state index < -0.39 is 6.09 Å². The molecule has 0 radical (unpaired) electrons. The molecule has 0 atom stereocenters. The SMILES string of the molecule is C=CCCSCSCC(=NOC(=O)NC)C(C)(C)C. The minimum Gasteiger partial charge on any atom is -0.323 e. The summed E-state index contributed by atoms with van der Waals surface area (Å²) in [7, 11) is 1.51. The van der Waals surface area contributed by atoms with Gasteiger partial charge in [-0.15, -0.1) is 18.3 Å². The zero-order valence-electron chi connectivity index (χ0n) is 12.2. The summed E-state index contributed by atoms with van der Waals surface area (Å²) in [6.07, 6.45) is 2.43. The van der Waals surface area contributed by atoms with E-state index in [9.17, 15) is 4.79 Å². The molecular weight excluding hydrogens is 280 g/mol. The highest BCUT2D eigenvalue weighted by Crippen LogP contribution is 2.22. The molecule has 0 unspecified atom stereocenters. The normalized spacial score (nSPS) is 12.1. The zero-order valence-corrected chi connectivity index (χ0v) is 13.8. The molecule has 0 fully saturated rings. The molecule has 0 aliphatic rings. The van der Waals surface area contributed by atoms with E-state index in [1.54, 1.807) is 11.8 Å². The zero-order chi connectivity index (χ0) is 14.7. The highest BCUT2D eigenvalue weighted by molar-refractivity contribution is 8.16. The average Bonchev–Trinajstić information content (AvgIpc) is 2.35. The minimum atomic E-state index is -0.535. The van der Waals surface area contributed by atoms with Gasteiger partial charge in [0.25, 0.3) is 0 Å². The van der Waals surface area contributed by atoms with Crippen LogP contribution in [0.1, 0.15) is 27.2 Å². The summed E-state index contributed by atoms with van der Waals surface area (Å²) in [4.78, 5) is 15.8. The molecule has 1 N–H and O–H groups in total. The van der Waals surface area contributed by atoms with Crippen molar-refractivity contribution in [2.45, 2.75) is 27.2 Å². The van der Waals surface area contributed by atoms with Crippen molar-refractivity contribution in [1.82, 2.24) is 5.32 Å². The number of rotatable bonds is 8. The first-order chi connectivity index (χ1) is 8.91. The first-order valence-corrected chi connectivity index (χ1v) is 8.45. The van der Waals surface area contributed by atoms with E-state index in [2.05, 4.69) is 37.8 Å². The van der Waals surface area contributed by atoms with Crippen LogP contribution in [0.3, 0.4) is 0 Å².